The summed E-state index contributed by atoms with van der Waals surface area (Å²) in [5.41, 5.74) is 3.43. The summed E-state index contributed by atoms with van der Waals surface area (Å²) in [6.45, 7) is 0. The Morgan fingerprint density at radius 1 is 0.969 bits per heavy atom. The minimum Gasteiger partial charge on any atom is -0.497 e. The molecule has 0 unspecified atom stereocenters. The highest BCUT2D eigenvalue weighted by Gasteiger charge is 2.19. The molecule has 0 fully saturated rings. The number of hydrazone groups is 1. The van der Waals surface area contributed by atoms with E-state index in [1.54, 1.807) is 24.3 Å². The number of benzene rings is 3. The second-order valence-electron chi connectivity index (χ2n) is 6.33. The number of ether oxygens (including phenoxy) is 2. The van der Waals surface area contributed by atoms with Gasteiger partial charge in [0, 0.05) is 10.0 Å². The van der Waals surface area contributed by atoms with Crippen molar-refractivity contribution in [2.45, 2.75) is 4.90 Å². The van der Waals surface area contributed by atoms with Gasteiger partial charge in [-0.15, -0.1) is 0 Å². The largest absolute Gasteiger partial charge is 0.497 e. The van der Waals surface area contributed by atoms with Gasteiger partial charge < -0.3 is 13.7 Å². The molecule has 3 aromatic rings. The van der Waals surface area contributed by atoms with Crippen molar-refractivity contribution >= 4 is 38.2 Å². The number of halogens is 1. The van der Waals surface area contributed by atoms with Crippen LogP contribution in [0.2, 0.25) is 0 Å². The van der Waals surface area contributed by atoms with Crippen molar-refractivity contribution in [3.05, 3.63) is 82.3 Å². The average Bonchev–Trinajstić information content (AvgIpc) is 2.79. The summed E-state index contributed by atoms with van der Waals surface area (Å²) in [7, 11) is -1.20. The smallest absolute Gasteiger partial charge is 0.339 e. The van der Waals surface area contributed by atoms with E-state index >= 15 is 0 Å². The van der Waals surface area contributed by atoms with E-state index in [1.807, 2.05) is 6.07 Å². The summed E-state index contributed by atoms with van der Waals surface area (Å²) in [5.74, 6) is 0.347. The fourth-order valence-corrected chi connectivity index (χ4v) is 3.94. The molecule has 3 aromatic carbocycles. The summed E-state index contributed by atoms with van der Waals surface area (Å²) >= 11 is 3.31. The van der Waals surface area contributed by atoms with Crippen LogP contribution >= 0.6 is 15.9 Å². The van der Waals surface area contributed by atoms with Crippen molar-refractivity contribution in [2.75, 3.05) is 14.2 Å². The molecule has 0 aromatic heterocycles. The molecule has 0 bridgehead atoms. The van der Waals surface area contributed by atoms with Gasteiger partial charge >= 0.3 is 10.1 Å². The number of carbonyl (C=O) groups is 1. The number of nitrogens with zero attached hydrogens (tertiary/aromatic N) is 1. The molecule has 166 valence electrons. The molecule has 1 amide bonds. The molecule has 0 spiro atoms. The predicted molar refractivity (Wildman–Crippen MR) is 123 cm³/mol. The zero-order valence-electron chi connectivity index (χ0n) is 17.1. The highest BCUT2D eigenvalue weighted by molar-refractivity contribution is 9.10. The van der Waals surface area contributed by atoms with E-state index in [0.717, 1.165) is 4.47 Å². The lowest BCUT2D eigenvalue weighted by atomic mass is 10.2. The van der Waals surface area contributed by atoms with Gasteiger partial charge in [0.05, 0.1) is 20.4 Å². The monoisotopic (exact) mass is 518 g/mol. The Labute approximate surface area is 194 Å². The molecule has 0 atom stereocenters. The van der Waals surface area contributed by atoms with Crippen molar-refractivity contribution in [3.63, 3.8) is 0 Å². The zero-order chi connectivity index (χ0) is 23.1. The van der Waals surface area contributed by atoms with Gasteiger partial charge in [-0.05, 0) is 66.2 Å². The summed E-state index contributed by atoms with van der Waals surface area (Å²) < 4.78 is 41.4. The molecule has 0 aliphatic rings. The third kappa shape index (κ3) is 5.86. The Balaban J connectivity index is 1.72. The SMILES string of the molecule is COc1ccc(S(=O)(=O)Oc2ccc(/C=N\NC(=O)c3cccc(Br)c3)cc2OC)cc1. The second-order valence-corrected chi connectivity index (χ2v) is 8.79. The van der Waals surface area contributed by atoms with Crippen molar-refractivity contribution in [1.82, 2.24) is 5.43 Å². The highest BCUT2D eigenvalue weighted by atomic mass is 79.9. The third-order valence-electron chi connectivity index (χ3n) is 4.20. The first-order valence-corrected chi connectivity index (χ1v) is 11.4. The van der Waals surface area contributed by atoms with E-state index in [2.05, 4.69) is 26.5 Å². The Kier molecular flexibility index (Phi) is 7.49. The molecule has 0 aliphatic heterocycles. The maximum Gasteiger partial charge on any atom is 0.339 e. The van der Waals surface area contributed by atoms with Crippen molar-refractivity contribution < 1.29 is 26.9 Å². The van der Waals surface area contributed by atoms with Crippen molar-refractivity contribution in [2.24, 2.45) is 5.10 Å². The Bertz CT molecular complexity index is 1240. The third-order valence-corrected chi connectivity index (χ3v) is 5.94. The predicted octanol–water partition coefficient (Wildman–Crippen LogP) is 4.00. The van der Waals surface area contributed by atoms with Gasteiger partial charge in [-0.3, -0.25) is 4.79 Å². The number of hydrogen-bond donors (Lipinski definition) is 1. The van der Waals surface area contributed by atoms with Gasteiger partial charge in [-0.25, -0.2) is 5.43 Å². The normalized spacial score (nSPS) is 11.2. The van der Waals surface area contributed by atoms with Crippen LogP contribution in [-0.2, 0) is 10.1 Å². The first-order valence-electron chi connectivity index (χ1n) is 9.18. The molecule has 10 heteroatoms. The number of amides is 1. The highest BCUT2D eigenvalue weighted by Crippen LogP contribution is 2.30. The Morgan fingerprint density at radius 3 is 2.38 bits per heavy atom. The van der Waals surface area contributed by atoms with Gasteiger partial charge in [-0.2, -0.15) is 13.5 Å². The van der Waals surface area contributed by atoms with E-state index in [1.165, 1.54) is 56.8 Å². The van der Waals surface area contributed by atoms with Gasteiger partial charge in [0.15, 0.2) is 11.5 Å². The number of rotatable bonds is 8. The van der Waals surface area contributed by atoms with Crippen molar-refractivity contribution in [1.29, 1.82) is 0 Å². The first-order chi connectivity index (χ1) is 15.3. The van der Waals surface area contributed by atoms with Crippen LogP contribution in [0.15, 0.2) is 81.2 Å². The number of carbonyl (C=O) groups excluding carboxylic acids is 1. The van der Waals surface area contributed by atoms with Gasteiger partial charge in [-0.1, -0.05) is 22.0 Å². The Hall–Kier alpha value is -3.37. The number of nitrogens with one attached hydrogen (secondary N) is 1. The van der Waals surface area contributed by atoms with Crippen LogP contribution in [0.4, 0.5) is 0 Å². The molecular weight excluding hydrogens is 500 g/mol. The van der Waals surface area contributed by atoms with Gasteiger partial charge in [0.2, 0.25) is 0 Å². The fourth-order valence-electron chi connectivity index (χ4n) is 2.60. The van der Waals surface area contributed by atoms with Crippen LogP contribution in [0.5, 0.6) is 17.2 Å². The lowest BCUT2D eigenvalue weighted by molar-refractivity contribution is 0.0955. The van der Waals surface area contributed by atoms with Crippen molar-refractivity contribution in [3.8, 4) is 17.2 Å². The molecule has 32 heavy (non-hydrogen) atoms. The topological polar surface area (TPSA) is 103 Å². The fraction of sp³-hybridized carbons (Fsp3) is 0.0909. The summed E-state index contributed by atoms with van der Waals surface area (Å²) in [4.78, 5) is 12.1. The van der Waals surface area contributed by atoms with Crippen LogP contribution in [-0.4, -0.2) is 34.8 Å². The molecule has 8 nitrogen and oxygen atoms in total. The molecule has 0 aliphatic carbocycles. The summed E-state index contributed by atoms with van der Waals surface area (Å²) in [6.07, 6.45) is 1.40. The standard InChI is InChI=1S/C22H19BrN2O6S/c1-29-18-7-9-19(10-8-18)32(27,28)31-20-11-6-15(12-21(20)30-2)14-24-25-22(26)16-4-3-5-17(23)13-16/h3-14H,1-2H3,(H,25,26)/b24-14-. The molecular formula is C22H19BrN2O6S. The summed E-state index contributed by atoms with van der Waals surface area (Å²) in [5, 5.41) is 3.92. The van der Waals surface area contributed by atoms with E-state index < -0.39 is 10.1 Å². The molecule has 3 rings (SSSR count). The zero-order valence-corrected chi connectivity index (χ0v) is 19.5. The van der Waals surface area contributed by atoms with Gasteiger partial charge in [0.1, 0.15) is 10.6 Å². The molecule has 1 N–H and O–H groups in total. The van der Waals surface area contributed by atoms with Crippen LogP contribution in [0.3, 0.4) is 0 Å². The average molecular weight is 519 g/mol. The molecule has 0 radical (unpaired) electrons. The maximum atomic E-state index is 12.6. The lowest BCUT2D eigenvalue weighted by Crippen LogP contribution is -2.17. The van der Waals surface area contributed by atoms with Crippen LogP contribution in [0.25, 0.3) is 0 Å². The first kappa shape index (κ1) is 23.3. The maximum absolute atomic E-state index is 12.6. The molecule has 0 heterocycles. The summed E-state index contributed by atoms with van der Waals surface area (Å²) in [6, 6.07) is 17.3. The van der Waals surface area contributed by atoms with Crippen LogP contribution < -0.4 is 19.1 Å². The molecule has 0 saturated carbocycles. The van der Waals surface area contributed by atoms with E-state index in [-0.39, 0.29) is 22.3 Å². The molecule has 0 saturated heterocycles. The Morgan fingerprint density at radius 2 is 1.72 bits per heavy atom. The van der Waals surface area contributed by atoms with Crippen LogP contribution in [0.1, 0.15) is 15.9 Å². The number of hydrogen-bond acceptors (Lipinski definition) is 7. The quantitative estimate of drug-likeness (QED) is 0.274. The number of methoxy groups -OCH3 is 2. The van der Waals surface area contributed by atoms with E-state index in [9.17, 15) is 13.2 Å². The van der Waals surface area contributed by atoms with Gasteiger partial charge in [0.25, 0.3) is 5.91 Å². The minimum atomic E-state index is -4.08. The second kappa shape index (κ2) is 10.3. The van der Waals surface area contributed by atoms with E-state index in [4.69, 9.17) is 13.7 Å². The van der Waals surface area contributed by atoms with E-state index in [0.29, 0.717) is 16.9 Å². The lowest BCUT2D eigenvalue weighted by Gasteiger charge is -2.11. The van der Waals surface area contributed by atoms with Crippen LogP contribution in [0, 0.1) is 0 Å². The minimum absolute atomic E-state index is 0.0126.